The van der Waals surface area contributed by atoms with Gasteiger partial charge in [0, 0.05) is 23.3 Å². The molecular weight excluding hydrogens is 285 g/mol. The number of aromatic nitrogens is 2. The monoisotopic (exact) mass is 294 g/mol. The molecule has 7 heteroatoms. The maximum absolute atomic E-state index is 12.1. The molecule has 0 aliphatic rings. The molecule has 0 fully saturated rings. The summed E-state index contributed by atoms with van der Waals surface area (Å²) in [4.78, 5) is 17.0. The molecule has 0 aliphatic heterocycles. The van der Waals surface area contributed by atoms with E-state index in [0.717, 1.165) is 0 Å². The normalized spacial score (nSPS) is 11.8. The van der Waals surface area contributed by atoms with Crippen LogP contribution >= 0.6 is 0 Å². The zero-order chi connectivity index (χ0) is 15.0. The lowest BCUT2D eigenvalue weighted by atomic mass is 10.0. The van der Waals surface area contributed by atoms with Crippen molar-refractivity contribution in [2.24, 2.45) is 0 Å². The van der Waals surface area contributed by atoms with Crippen LogP contribution < -0.4 is 10.3 Å². The van der Waals surface area contributed by atoms with Crippen molar-refractivity contribution < 1.29 is 17.9 Å². The van der Waals surface area contributed by atoms with Gasteiger partial charge in [-0.2, -0.15) is 0 Å². The second-order valence-electron chi connectivity index (χ2n) is 4.37. The first kappa shape index (κ1) is 13.3. The highest BCUT2D eigenvalue weighted by Crippen LogP contribution is 2.29. The first-order valence-corrected chi connectivity index (χ1v) is 5.99. The van der Waals surface area contributed by atoms with Crippen LogP contribution in [0.2, 0.25) is 0 Å². The van der Waals surface area contributed by atoms with E-state index in [1.54, 1.807) is 12.3 Å². The first-order valence-electron chi connectivity index (χ1n) is 5.99. The third-order valence-electron chi connectivity index (χ3n) is 3.01. The minimum atomic E-state index is -4.71. The number of hydrogen-bond donors (Lipinski definition) is 2. The van der Waals surface area contributed by atoms with E-state index in [4.69, 9.17) is 0 Å². The summed E-state index contributed by atoms with van der Waals surface area (Å²) in [5.74, 6) is -0.291. The van der Waals surface area contributed by atoms with Gasteiger partial charge in [0.1, 0.15) is 11.3 Å². The smallest absolute Gasteiger partial charge is 0.406 e. The Balaban J connectivity index is 2.02. The number of benzene rings is 1. The largest absolute Gasteiger partial charge is 0.573 e. The van der Waals surface area contributed by atoms with Crippen molar-refractivity contribution in [1.82, 2.24) is 9.97 Å². The average Bonchev–Trinajstić information content (AvgIpc) is 2.89. The topological polar surface area (TPSA) is 57.9 Å². The summed E-state index contributed by atoms with van der Waals surface area (Å²) in [6, 6.07) is 7.20. The summed E-state index contributed by atoms with van der Waals surface area (Å²) in [5, 5.41) is 0.697. The second-order valence-corrected chi connectivity index (χ2v) is 4.37. The molecule has 0 spiro atoms. The summed E-state index contributed by atoms with van der Waals surface area (Å²) >= 11 is 0. The van der Waals surface area contributed by atoms with Crippen LogP contribution in [0, 0.1) is 0 Å². The fraction of sp³-hybridized carbons (Fsp3) is 0.0714. The zero-order valence-electron chi connectivity index (χ0n) is 10.5. The molecule has 1 aromatic carbocycles. The van der Waals surface area contributed by atoms with Crippen LogP contribution in [0.15, 0.2) is 47.5 Å². The first-order chi connectivity index (χ1) is 9.94. The van der Waals surface area contributed by atoms with Crippen LogP contribution in [0.25, 0.3) is 22.0 Å². The molecule has 0 bridgehead atoms. The molecule has 0 amide bonds. The predicted molar refractivity (Wildman–Crippen MR) is 71.0 cm³/mol. The van der Waals surface area contributed by atoms with Gasteiger partial charge in [0.2, 0.25) is 0 Å². The fourth-order valence-electron chi connectivity index (χ4n) is 2.14. The molecule has 0 atom stereocenters. The Morgan fingerprint density at radius 1 is 1.00 bits per heavy atom. The van der Waals surface area contributed by atoms with Gasteiger partial charge in [0.25, 0.3) is 5.56 Å². The predicted octanol–water partition coefficient (Wildman–Crippen LogP) is 3.42. The number of ether oxygens (including phenoxy) is 1. The van der Waals surface area contributed by atoms with Gasteiger partial charge >= 0.3 is 6.36 Å². The highest BCUT2D eigenvalue weighted by molar-refractivity contribution is 5.94. The van der Waals surface area contributed by atoms with Gasteiger partial charge in [0.05, 0.1) is 0 Å². The van der Waals surface area contributed by atoms with Crippen molar-refractivity contribution >= 4 is 10.9 Å². The van der Waals surface area contributed by atoms with E-state index >= 15 is 0 Å². The Bertz CT molecular complexity index is 832. The summed E-state index contributed by atoms with van der Waals surface area (Å²) < 4.78 is 40.1. The summed E-state index contributed by atoms with van der Waals surface area (Å²) in [7, 11) is 0. The molecule has 2 heterocycles. The Labute approximate surface area is 116 Å². The highest BCUT2D eigenvalue weighted by atomic mass is 19.4. The van der Waals surface area contributed by atoms with Crippen molar-refractivity contribution in [1.29, 1.82) is 0 Å². The van der Waals surface area contributed by atoms with Crippen molar-refractivity contribution in [3.63, 3.8) is 0 Å². The third-order valence-corrected chi connectivity index (χ3v) is 3.01. The van der Waals surface area contributed by atoms with E-state index in [2.05, 4.69) is 14.7 Å². The number of nitrogens with one attached hydrogen (secondary N) is 2. The van der Waals surface area contributed by atoms with Gasteiger partial charge < -0.3 is 14.7 Å². The number of hydrogen-bond acceptors (Lipinski definition) is 2. The van der Waals surface area contributed by atoms with Crippen LogP contribution in [0.1, 0.15) is 0 Å². The molecule has 0 unspecified atom stereocenters. The van der Waals surface area contributed by atoms with Crippen LogP contribution in [0.3, 0.4) is 0 Å². The molecule has 0 aliphatic carbocycles. The molecule has 0 saturated carbocycles. The van der Waals surface area contributed by atoms with E-state index in [1.165, 1.54) is 30.5 Å². The molecule has 108 valence electrons. The highest BCUT2D eigenvalue weighted by Gasteiger charge is 2.30. The minimum Gasteiger partial charge on any atom is -0.406 e. The number of halogens is 3. The number of pyridine rings is 1. The van der Waals surface area contributed by atoms with Crippen molar-refractivity contribution in [2.45, 2.75) is 6.36 Å². The van der Waals surface area contributed by atoms with Gasteiger partial charge in [-0.3, -0.25) is 4.79 Å². The lowest BCUT2D eigenvalue weighted by Crippen LogP contribution is -2.16. The van der Waals surface area contributed by atoms with Gasteiger partial charge in [-0.25, -0.2) is 0 Å². The van der Waals surface area contributed by atoms with E-state index < -0.39 is 6.36 Å². The van der Waals surface area contributed by atoms with Crippen LogP contribution in [-0.4, -0.2) is 16.3 Å². The Hall–Kier alpha value is -2.70. The van der Waals surface area contributed by atoms with Crippen LogP contribution in [0.4, 0.5) is 13.2 Å². The zero-order valence-corrected chi connectivity index (χ0v) is 10.5. The van der Waals surface area contributed by atoms with Gasteiger partial charge in [-0.1, -0.05) is 12.1 Å². The maximum Gasteiger partial charge on any atom is 0.573 e. The molecule has 0 saturated heterocycles. The van der Waals surface area contributed by atoms with Crippen molar-refractivity contribution in [2.75, 3.05) is 0 Å². The number of alkyl halides is 3. The van der Waals surface area contributed by atoms with Crippen molar-refractivity contribution in [3.05, 3.63) is 53.1 Å². The Morgan fingerprint density at radius 2 is 1.71 bits per heavy atom. The molecule has 4 nitrogen and oxygen atoms in total. The van der Waals surface area contributed by atoms with Gasteiger partial charge in [0.15, 0.2) is 0 Å². The summed E-state index contributed by atoms with van der Waals surface area (Å²) in [6.45, 7) is 0. The third kappa shape index (κ3) is 2.62. The standard InChI is InChI=1S/C14H9F3N2O2/c15-14(16,17)21-9-3-1-8(2-4-9)11-7-19-13(20)12-10(11)5-6-18-12/h1-7,18H,(H,19,20). The summed E-state index contributed by atoms with van der Waals surface area (Å²) in [5.41, 5.74) is 1.55. The van der Waals surface area contributed by atoms with Gasteiger partial charge in [-0.05, 0) is 23.8 Å². The number of fused-ring (bicyclic) bond motifs is 1. The molecule has 21 heavy (non-hydrogen) atoms. The molecule has 2 N–H and O–H groups in total. The Kier molecular flexibility index (Phi) is 2.97. The maximum atomic E-state index is 12.1. The van der Waals surface area contributed by atoms with E-state index in [0.29, 0.717) is 22.0 Å². The minimum absolute atomic E-state index is 0.254. The summed E-state index contributed by atoms with van der Waals surface area (Å²) in [6.07, 6.45) is -1.56. The molecule has 0 radical (unpaired) electrons. The van der Waals surface area contributed by atoms with E-state index in [1.807, 2.05) is 0 Å². The molecule has 2 aromatic heterocycles. The number of H-pyrrole nitrogens is 2. The van der Waals surface area contributed by atoms with Crippen LogP contribution in [-0.2, 0) is 0 Å². The average molecular weight is 294 g/mol. The lowest BCUT2D eigenvalue weighted by molar-refractivity contribution is -0.274. The van der Waals surface area contributed by atoms with E-state index in [-0.39, 0.29) is 11.3 Å². The van der Waals surface area contributed by atoms with Gasteiger partial charge in [-0.15, -0.1) is 13.2 Å². The fourth-order valence-corrected chi connectivity index (χ4v) is 2.14. The Morgan fingerprint density at radius 3 is 2.38 bits per heavy atom. The quantitative estimate of drug-likeness (QED) is 0.761. The van der Waals surface area contributed by atoms with Crippen LogP contribution in [0.5, 0.6) is 5.75 Å². The number of aromatic amines is 2. The van der Waals surface area contributed by atoms with Crippen molar-refractivity contribution in [3.8, 4) is 16.9 Å². The second kappa shape index (κ2) is 4.69. The number of rotatable bonds is 2. The SMILES string of the molecule is O=c1[nH]cc(-c2ccc(OC(F)(F)F)cc2)c2cc[nH]c12. The van der Waals surface area contributed by atoms with E-state index in [9.17, 15) is 18.0 Å². The lowest BCUT2D eigenvalue weighted by Gasteiger charge is -2.09. The molecule has 3 rings (SSSR count). The molecular formula is C14H9F3N2O2. The molecule has 3 aromatic rings.